The van der Waals surface area contributed by atoms with Gasteiger partial charge in [-0.1, -0.05) is 243 Å². The van der Waals surface area contributed by atoms with Crippen LogP contribution in [0.1, 0.15) is 278 Å². The first-order chi connectivity index (χ1) is 34.4. The van der Waals surface area contributed by atoms with E-state index in [-0.39, 0.29) is 31.5 Å². The number of unbranched alkanes of at least 4 members (excludes halogenated alkanes) is 32. The van der Waals surface area contributed by atoms with Crippen molar-refractivity contribution in [2.75, 3.05) is 40.9 Å². The monoisotopic (exact) mass is 1020 g/mol. The summed E-state index contributed by atoms with van der Waals surface area (Å²) in [6, 6.07) is -0.857. The van der Waals surface area contributed by atoms with Crippen molar-refractivity contribution in [2.24, 2.45) is 0 Å². The molecule has 0 heterocycles. The van der Waals surface area contributed by atoms with Crippen LogP contribution in [-0.2, 0) is 27.9 Å². The number of hydrogen-bond donors (Lipinski definition) is 2. The summed E-state index contributed by atoms with van der Waals surface area (Å²) in [5.41, 5.74) is 0. The summed E-state index contributed by atoms with van der Waals surface area (Å²) < 4.78 is 30.7. The fourth-order valence-corrected chi connectivity index (χ4v) is 9.33. The summed E-state index contributed by atoms with van der Waals surface area (Å²) in [5.74, 6) is -0.521. The second-order valence-electron chi connectivity index (χ2n) is 21.5. The molecule has 0 aliphatic carbocycles. The van der Waals surface area contributed by atoms with Crippen molar-refractivity contribution in [3.63, 3.8) is 0 Å². The smallest absolute Gasteiger partial charge is 0.456 e. The van der Waals surface area contributed by atoms with Crippen molar-refractivity contribution in [2.45, 2.75) is 290 Å². The molecule has 0 spiro atoms. The van der Waals surface area contributed by atoms with Gasteiger partial charge >= 0.3 is 13.8 Å². The first-order valence-electron chi connectivity index (χ1n) is 30.0. The molecule has 2 N–H and O–H groups in total. The van der Waals surface area contributed by atoms with E-state index in [1.807, 2.05) is 33.3 Å². The van der Waals surface area contributed by atoms with Gasteiger partial charge in [-0.05, 0) is 70.3 Å². The van der Waals surface area contributed by atoms with Gasteiger partial charge in [0.25, 0.3) is 0 Å². The highest BCUT2D eigenvalue weighted by molar-refractivity contribution is 7.47. The highest BCUT2D eigenvalue weighted by Crippen LogP contribution is 2.43. The zero-order valence-electron chi connectivity index (χ0n) is 47.5. The molecule has 416 valence electrons. The van der Waals surface area contributed by atoms with Crippen LogP contribution in [0.25, 0.3) is 0 Å². The van der Waals surface area contributed by atoms with E-state index in [9.17, 15) is 19.0 Å². The van der Waals surface area contributed by atoms with Crippen LogP contribution < -0.4 is 5.32 Å². The highest BCUT2D eigenvalue weighted by atomic mass is 31.2. The predicted octanol–water partition coefficient (Wildman–Crippen LogP) is 18.1. The zero-order chi connectivity index (χ0) is 52.2. The molecule has 0 fully saturated rings. The van der Waals surface area contributed by atoms with Crippen molar-refractivity contribution in [3.05, 3.63) is 48.6 Å². The number of ether oxygens (including phenoxy) is 1. The predicted molar refractivity (Wildman–Crippen MR) is 305 cm³/mol. The molecule has 10 heteroatoms. The molecule has 71 heavy (non-hydrogen) atoms. The van der Waals surface area contributed by atoms with E-state index in [0.29, 0.717) is 17.4 Å². The van der Waals surface area contributed by atoms with Crippen molar-refractivity contribution < 1.29 is 37.3 Å². The van der Waals surface area contributed by atoms with Crippen molar-refractivity contribution in [1.82, 2.24) is 5.32 Å². The maximum absolute atomic E-state index is 13.5. The van der Waals surface area contributed by atoms with E-state index in [1.54, 1.807) is 0 Å². The number of carbonyl (C=O) groups is 2. The first kappa shape index (κ1) is 69.0. The number of esters is 1. The number of phosphoric ester groups is 1. The van der Waals surface area contributed by atoms with Gasteiger partial charge in [-0.25, -0.2) is 4.57 Å². The Labute approximate surface area is 439 Å². The third kappa shape index (κ3) is 52.6. The van der Waals surface area contributed by atoms with E-state index in [0.717, 1.165) is 83.5 Å². The van der Waals surface area contributed by atoms with Gasteiger partial charge in [-0.15, -0.1) is 0 Å². The number of nitrogens with zero attached hydrogens (tertiary/aromatic N) is 1. The van der Waals surface area contributed by atoms with E-state index in [2.05, 4.69) is 62.5 Å². The van der Waals surface area contributed by atoms with Crippen LogP contribution in [0.5, 0.6) is 0 Å². The molecule has 0 saturated carbocycles. The largest absolute Gasteiger partial charge is 0.472 e. The van der Waals surface area contributed by atoms with E-state index in [4.69, 9.17) is 13.8 Å². The number of hydrogen-bond acceptors (Lipinski definition) is 6. The Morgan fingerprint density at radius 3 is 1.31 bits per heavy atom. The lowest BCUT2D eigenvalue weighted by Gasteiger charge is -2.27. The lowest BCUT2D eigenvalue weighted by atomic mass is 10.0. The summed E-state index contributed by atoms with van der Waals surface area (Å²) in [6.45, 7) is 6.99. The van der Waals surface area contributed by atoms with Gasteiger partial charge in [-0.2, -0.15) is 0 Å². The molecule has 0 rings (SSSR count). The summed E-state index contributed by atoms with van der Waals surface area (Å²) in [7, 11) is 1.49. The molecule has 0 aromatic rings. The second kappa shape index (κ2) is 51.5. The van der Waals surface area contributed by atoms with Gasteiger partial charge in [0.15, 0.2) is 0 Å². The van der Waals surface area contributed by atoms with Crippen molar-refractivity contribution >= 4 is 19.7 Å². The number of phosphoric acid groups is 1. The van der Waals surface area contributed by atoms with Crippen LogP contribution in [0.4, 0.5) is 0 Å². The number of allylic oxidation sites excluding steroid dienone is 7. The number of nitrogens with one attached hydrogen (secondary N) is 1. The maximum atomic E-state index is 13.5. The van der Waals surface area contributed by atoms with Crippen LogP contribution in [0.2, 0.25) is 0 Å². The number of likely N-dealkylation sites (N-methyl/N-ethyl adjacent to an activating group) is 1. The number of quaternary nitrogens is 1. The Morgan fingerprint density at radius 1 is 0.493 bits per heavy atom. The molecule has 0 saturated heterocycles. The minimum absolute atomic E-state index is 0.0365. The molecule has 1 amide bonds. The molecule has 0 aliphatic rings. The third-order valence-electron chi connectivity index (χ3n) is 13.3. The highest BCUT2D eigenvalue weighted by Gasteiger charge is 2.30. The van der Waals surface area contributed by atoms with Crippen LogP contribution in [0.3, 0.4) is 0 Å². The third-order valence-corrected chi connectivity index (χ3v) is 14.3. The number of amides is 1. The Balaban J connectivity index is 5.37. The van der Waals surface area contributed by atoms with E-state index >= 15 is 0 Å². The van der Waals surface area contributed by atoms with Crippen LogP contribution in [0.15, 0.2) is 48.6 Å². The van der Waals surface area contributed by atoms with E-state index < -0.39 is 20.0 Å². The normalized spacial score (nSPS) is 14.1. The van der Waals surface area contributed by atoms with E-state index in [1.165, 1.54) is 161 Å². The van der Waals surface area contributed by atoms with Gasteiger partial charge < -0.3 is 19.4 Å². The van der Waals surface area contributed by atoms with Gasteiger partial charge in [0.05, 0.1) is 33.8 Å². The fraction of sp³-hybridized carbons (Fsp3) is 0.836. The van der Waals surface area contributed by atoms with Crippen LogP contribution in [0, 0.1) is 0 Å². The lowest BCUT2D eigenvalue weighted by molar-refractivity contribution is -0.870. The van der Waals surface area contributed by atoms with Crippen molar-refractivity contribution in [1.29, 1.82) is 0 Å². The minimum Gasteiger partial charge on any atom is -0.456 e. The Hall–Kier alpha value is -2.03. The summed E-state index contributed by atoms with van der Waals surface area (Å²) in [6.07, 6.45) is 62.4. The van der Waals surface area contributed by atoms with Gasteiger partial charge in [-0.3, -0.25) is 18.6 Å². The number of carbonyl (C=O) groups excluding carboxylic acids is 2. The second-order valence-corrected chi connectivity index (χ2v) is 23.0. The molecule has 0 radical (unpaired) electrons. The van der Waals surface area contributed by atoms with Crippen LogP contribution in [-0.4, -0.2) is 74.3 Å². The van der Waals surface area contributed by atoms with Gasteiger partial charge in [0, 0.05) is 12.8 Å². The Morgan fingerprint density at radius 2 is 0.859 bits per heavy atom. The maximum Gasteiger partial charge on any atom is 0.472 e. The molecular weight excluding hydrogens is 904 g/mol. The average Bonchev–Trinajstić information content (AvgIpc) is 3.33. The lowest BCUT2D eigenvalue weighted by Crippen LogP contribution is -2.47. The number of rotatable bonds is 54. The fourth-order valence-electron chi connectivity index (χ4n) is 8.59. The molecule has 0 aliphatic heterocycles. The first-order valence-corrected chi connectivity index (χ1v) is 31.5. The molecule has 3 unspecified atom stereocenters. The topological polar surface area (TPSA) is 111 Å². The zero-order valence-corrected chi connectivity index (χ0v) is 48.4. The molecule has 9 nitrogen and oxygen atoms in total. The van der Waals surface area contributed by atoms with Crippen molar-refractivity contribution in [3.8, 4) is 0 Å². The summed E-state index contributed by atoms with van der Waals surface area (Å²) in [4.78, 5) is 37.6. The molecule has 3 atom stereocenters. The average molecular weight is 1020 g/mol. The standard InChI is InChI=1S/C61H115N2O7P/c1-7-10-13-16-19-22-25-28-30-31-33-35-38-41-44-47-50-53-60(64)62-58(57-69-71(66,67)68-56-55-63(4,5)6)59(52-49-46-43-40-37-34-27-24-21-18-15-12-9-3)70-61(65)54-51-48-45-42-39-36-32-29-26-23-20-17-14-11-8-2/h19,22,28,30,33,35,49,52,58-59H,7-18,20-21,23-27,29,31-32,34,36-48,50-51,53-57H2,1-6H3,(H-,62,64,66,67)/p+1/b22-19-,30-28-,35-33-,52-49+. The minimum atomic E-state index is -4.45. The molecule has 0 bridgehead atoms. The summed E-state index contributed by atoms with van der Waals surface area (Å²) in [5, 5.41) is 3.04. The molecule has 0 aromatic heterocycles. The molecule has 0 aromatic carbocycles. The quantitative estimate of drug-likeness (QED) is 0.0205. The SMILES string of the molecule is CCCCC/C=C\C/C=C\C/C=C\CCCCCCC(=O)NC(COP(=O)(O)OCC[N+](C)(C)C)C(/C=C/CCCCCCCCCCCCC)OC(=O)CCCCCCCCCCCCCCCCC. The van der Waals surface area contributed by atoms with Gasteiger partial charge in [0.1, 0.15) is 19.3 Å². The van der Waals surface area contributed by atoms with Gasteiger partial charge in [0.2, 0.25) is 5.91 Å². The Bertz CT molecular complexity index is 1360. The van der Waals surface area contributed by atoms with Crippen LogP contribution >= 0.6 is 7.82 Å². The Kier molecular flexibility index (Phi) is 50.0. The molecular formula is C61H116N2O7P+. The summed E-state index contributed by atoms with van der Waals surface area (Å²) >= 11 is 0.